The van der Waals surface area contributed by atoms with Crippen LogP contribution in [0.3, 0.4) is 0 Å². The van der Waals surface area contributed by atoms with E-state index in [1.165, 1.54) is 23.3 Å². The molecule has 0 saturated carbocycles. The maximum Gasteiger partial charge on any atom is 0.125 e. The molecule has 0 unspecified atom stereocenters. The minimum absolute atomic E-state index is 0.210. The summed E-state index contributed by atoms with van der Waals surface area (Å²) in [7, 11) is 0. The van der Waals surface area contributed by atoms with Gasteiger partial charge in [-0.05, 0) is 43.2 Å². The zero-order valence-corrected chi connectivity index (χ0v) is 11.8. The van der Waals surface area contributed by atoms with Crippen LogP contribution in [-0.4, -0.2) is 0 Å². The topological polar surface area (TPSA) is 12.0 Å². The van der Waals surface area contributed by atoms with Gasteiger partial charge in [0.2, 0.25) is 0 Å². The highest BCUT2D eigenvalue weighted by atomic mass is 35.5. The molecule has 2 aromatic rings. The standard InChI is InChI=1S/C16H17ClFN/c1-11-4-3-5-14(6-11)12(2)19-10-13-7-15(17)9-16(18)8-13/h3-9,12,19H,10H2,1-2H3/t12-/m1/s1. The number of rotatable bonds is 4. The summed E-state index contributed by atoms with van der Waals surface area (Å²) in [5.41, 5.74) is 3.31. The van der Waals surface area contributed by atoms with Crippen LogP contribution in [0.2, 0.25) is 5.02 Å². The first-order chi connectivity index (χ1) is 9.04. The average molecular weight is 278 g/mol. The van der Waals surface area contributed by atoms with E-state index in [1.54, 1.807) is 6.07 Å². The second kappa shape index (κ2) is 6.18. The van der Waals surface area contributed by atoms with Crippen molar-refractivity contribution in [2.24, 2.45) is 0 Å². The van der Waals surface area contributed by atoms with Gasteiger partial charge < -0.3 is 5.32 Å². The second-order valence-corrected chi connectivity index (χ2v) is 5.23. The van der Waals surface area contributed by atoms with Crippen LogP contribution in [0.15, 0.2) is 42.5 Å². The van der Waals surface area contributed by atoms with Crippen molar-refractivity contribution in [2.75, 3.05) is 0 Å². The van der Waals surface area contributed by atoms with E-state index in [4.69, 9.17) is 11.6 Å². The summed E-state index contributed by atoms with van der Waals surface area (Å²) in [5, 5.41) is 3.80. The minimum atomic E-state index is -0.299. The first-order valence-electron chi connectivity index (χ1n) is 6.29. The monoisotopic (exact) mass is 277 g/mol. The van der Waals surface area contributed by atoms with Crippen LogP contribution >= 0.6 is 11.6 Å². The molecule has 0 radical (unpaired) electrons. The molecule has 2 aromatic carbocycles. The number of hydrogen-bond donors (Lipinski definition) is 1. The molecule has 0 bridgehead atoms. The van der Waals surface area contributed by atoms with E-state index in [2.05, 4.69) is 37.4 Å². The van der Waals surface area contributed by atoms with Gasteiger partial charge in [0, 0.05) is 17.6 Å². The highest BCUT2D eigenvalue weighted by molar-refractivity contribution is 6.30. The smallest absolute Gasteiger partial charge is 0.125 e. The predicted octanol–water partition coefficient (Wildman–Crippen LogP) is 4.64. The van der Waals surface area contributed by atoms with Crippen molar-refractivity contribution >= 4 is 11.6 Å². The Morgan fingerprint density at radius 3 is 2.68 bits per heavy atom. The number of aryl methyl sites for hydroxylation is 1. The number of benzene rings is 2. The lowest BCUT2D eigenvalue weighted by atomic mass is 10.1. The fourth-order valence-corrected chi connectivity index (χ4v) is 2.29. The normalized spacial score (nSPS) is 12.4. The van der Waals surface area contributed by atoms with Gasteiger partial charge in [0.1, 0.15) is 5.82 Å². The highest BCUT2D eigenvalue weighted by Gasteiger charge is 2.06. The van der Waals surface area contributed by atoms with Crippen molar-refractivity contribution in [1.82, 2.24) is 5.32 Å². The number of halogens is 2. The van der Waals surface area contributed by atoms with Crippen LogP contribution in [0, 0.1) is 12.7 Å². The Hall–Kier alpha value is -1.38. The molecule has 0 aliphatic rings. The molecule has 2 rings (SSSR count). The van der Waals surface area contributed by atoms with Gasteiger partial charge in [-0.3, -0.25) is 0 Å². The van der Waals surface area contributed by atoms with E-state index in [1.807, 2.05) is 6.07 Å². The summed E-state index contributed by atoms with van der Waals surface area (Å²) >= 11 is 5.84. The van der Waals surface area contributed by atoms with Gasteiger partial charge in [-0.25, -0.2) is 4.39 Å². The number of hydrogen-bond acceptors (Lipinski definition) is 1. The van der Waals surface area contributed by atoms with E-state index in [0.717, 1.165) is 5.56 Å². The molecule has 0 aromatic heterocycles. The molecule has 1 nitrogen and oxygen atoms in total. The van der Waals surface area contributed by atoms with E-state index in [-0.39, 0.29) is 11.9 Å². The van der Waals surface area contributed by atoms with Gasteiger partial charge in [0.15, 0.2) is 0 Å². The molecule has 1 N–H and O–H groups in total. The Morgan fingerprint density at radius 1 is 1.21 bits per heavy atom. The van der Waals surface area contributed by atoms with Gasteiger partial charge in [-0.2, -0.15) is 0 Å². The molecule has 0 saturated heterocycles. The molecular weight excluding hydrogens is 261 g/mol. The first kappa shape index (κ1) is 14.0. The Bertz CT molecular complexity index is 548. The molecule has 0 fully saturated rings. The Kier molecular flexibility index (Phi) is 4.56. The third kappa shape index (κ3) is 4.05. The van der Waals surface area contributed by atoms with Crippen LogP contribution in [0.5, 0.6) is 0 Å². The maximum atomic E-state index is 13.2. The van der Waals surface area contributed by atoms with Crippen LogP contribution < -0.4 is 5.32 Å². The van der Waals surface area contributed by atoms with Crippen LogP contribution in [0.1, 0.15) is 29.7 Å². The van der Waals surface area contributed by atoms with Crippen molar-refractivity contribution in [3.8, 4) is 0 Å². The number of nitrogens with one attached hydrogen (secondary N) is 1. The average Bonchev–Trinajstić information content (AvgIpc) is 2.35. The summed E-state index contributed by atoms with van der Waals surface area (Å²) in [6.07, 6.45) is 0. The molecule has 0 amide bonds. The van der Waals surface area contributed by atoms with E-state index in [9.17, 15) is 4.39 Å². The zero-order valence-electron chi connectivity index (χ0n) is 11.1. The van der Waals surface area contributed by atoms with Crippen molar-refractivity contribution < 1.29 is 4.39 Å². The van der Waals surface area contributed by atoms with Crippen LogP contribution in [-0.2, 0) is 6.54 Å². The van der Waals surface area contributed by atoms with Crippen LogP contribution in [0.25, 0.3) is 0 Å². The predicted molar refractivity (Wildman–Crippen MR) is 77.8 cm³/mol. The minimum Gasteiger partial charge on any atom is -0.306 e. The summed E-state index contributed by atoms with van der Waals surface area (Å²) < 4.78 is 13.2. The molecular formula is C16H17ClFN. The Labute approximate surface area is 118 Å². The molecule has 1 atom stereocenters. The molecule has 3 heteroatoms. The van der Waals surface area contributed by atoms with Crippen molar-refractivity contribution in [2.45, 2.75) is 26.4 Å². The third-order valence-corrected chi connectivity index (χ3v) is 3.30. The van der Waals surface area contributed by atoms with Gasteiger partial charge >= 0.3 is 0 Å². The van der Waals surface area contributed by atoms with Gasteiger partial charge in [0.25, 0.3) is 0 Å². The molecule has 0 aliphatic carbocycles. The van der Waals surface area contributed by atoms with Crippen LogP contribution in [0.4, 0.5) is 4.39 Å². The summed E-state index contributed by atoms with van der Waals surface area (Å²) in [6, 6.07) is 13.2. The molecule has 0 heterocycles. The van der Waals surface area contributed by atoms with Gasteiger partial charge in [-0.15, -0.1) is 0 Å². The molecule has 0 aliphatic heterocycles. The van der Waals surface area contributed by atoms with E-state index >= 15 is 0 Å². The van der Waals surface area contributed by atoms with Crippen molar-refractivity contribution in [3.05, 3.63) is 70.0 Å². The first-order valence-corrected chi connectivity index (χ1v) is 6.67. The lowest BCUT2D eigenvalue weighted by molar-refractivity contribution is 0.569. The van der Waals surface area contributed by atoms with Gasteiger partial charge in [0.05, 0.1) is 0 Å². The van der Waals surface area contributed by atoms with Gasteiger partial charge in [-0.1, -0.05) is 41.4 Å². The van der Waals surface area contributed by atoms with E-state index < -0.39 is 0 Å². The fourth-order valence-electron chi connectivity index (χ4n) is 2.04. The third-order valence-electron chi connectivity index (χ3n) is 3.08. The quantitative estimate of drug-likeness (QED) is 0.858. The largest absolute Gasteiger partial charge is 0.306 e. The zero-order chi connectivity index (χ0) is 13.8. The Balaban J connectivity index is 2.02. The fraction of sp³-hybridized carbons (Fsp3) is 0.250. The lowest BCUT2D eigenvalue weighted by Crippen LogP contribution is -2.18. The van der Waals surface area contributed by atoms with Crippen molar-refractivity contribution in [1.29, 1.82) is 0 Å². The molecule has 19 heavy (non-hydrogen) atoms. The Morgan fingerprint density at radius 2 is 2.00 bits per heavy atom. The molecule has 0 spiro atoms. The summed E-state index contributed by atoms with van der Waals surface area (Å²) in [5.74, 6) is -0.299. The summed E-state index contributed by atoms with van der Waals surface area (Å²) in [4.78, 5) is 0. The summed E-state index contributed by atoms with van der Waals surface area (Å²) in [6.45, 7) is 4.75. The van der Waals surface area contributed by atoms with Crippen molar-refractivity contribution in [3.63, 3.8) is 0 Å². The maximum absolute atomic E-state index is 13.2. The SMILES string of the molecule is Cc1cccc([C@@H](C)NCc2cc(F)cc(Cl)c2)c1. The van der Waals surface area contributed by atoms with E-state index in [0.29, 0.717) is 11.6 Å². The lowest BCUT2D eigenvalue weighted by Gasteiger charge is -2.15. The molecule has 100 valence electrons. The second-order valence-electron chi connectivity index (χ2n) is 4.79. The highest BCUT2D eigenvalue weighted by Crippen LogP contribution is 2.17.